The number of rotatable bonds is 21. The molecule has 0 aliphatic heterocycles. The second-order valence-corrected chi connectivity index (χ2v) is 8.33. The fourth-order valence-electron chi connectivity index (χ4n) is 3.44. The van der Waals surface area contributed by atoms with E-state index in [0.717, 1.165) is 19.3 Å². The van der Waals surface area contributed by atoms with Gasteiger partial charge in [-0.25, -0.2) is 0 Å². The lowest BCUT2D eigenvalue weighted by Gasteiger charge is -2.10. The van der Waals surface area contributed by atoms with Crippen molar-refractivity contribution < 1.29 is 4.79 Å². The van der Waals surface area contributed by atoms with Gasteiger partial charge in [0.25, 0.3) is 0 Å². The SMILES string of the molecule is CCCCCCCCC=CCCCCCCCCCCCC(=O)NC(N)CC. The number of nitrogens with two attached hydrogens (primary N) is 1. The monoisotopic (exact) mass is 394 g/mol. The molecule has 0 aromatic heterocycles. The summed E-state index contributed by atoms with van der Waals surface area (Å²) >= 11 is 0. The third kappa shape index (κ3) is 21.5. The van der Waals surface area contributed by atoms with E-state index in [1.54, 1.807) is 0 Å². The summed E-state index contributed by atoms with van der Waals surface area (Å²) in [6.07, 6.45) is 28.5. The van der Waals surface area contributed by atoms with Gasteiger partial charge in [0.05, 0.1) is 6.17 Å². The molecule has 1 amide bonds. The third-order valence-corrected chi connectivity index (χ3v) is 5.45. The van der Waals surface area contributed by atoms with Gasteiger partial charge in [-0.3, -0.25) is 4.79 Å². The van der Waals surface area contributed by atoms with Gasteiger partial charge in [-0.2, -0.15) is 0 Å². The van der Waals surface area contributed by atoms with Gasteiger partial charge in [-0.1, -0.05) is 103 Å². The van der Waals surface area contributed by atoms with Crippen LogP contribution in [0.2, 0.25) is 0 Å². The van der Waals surface area contributed by atoms with Crippen LogP contribution in [0.15, 0.2) is 12.2 Å². The van der Waals surface area contributed by atoms with Crippen molar-refractivity contribution in [1.29, 1.82) is 0 Å². The quantitative estimate of drug-likeness (QED) is 0.121. The molecule has 1 atom stereocenters. The number of carbonyl (C=O) groups is 1. The largest absolute Gasteiger partial charge is 0.341 e. The Hall–Kier alpha value is -0.830. The van der Waals surface area contributed by atoms with Crippen molar-refractivity contribution in [2.24, 2.45) is 5.73 Å². The van der Waals surface area contributed by atoms with Crippen molar-refractivity contribution in [3.63, 3.8) is 0 Å². The highest BCUT2D eigenvalue weighted by Crippen LogP contribution is 2.12. The molecule has 0 saturated heterocycles. The minimum absolute atomic E-state index is 0.107. The average Bonchev–Trinajstić information content (AvgIpc) is 2.69. The molecular weight excluding hydrogens is 344 g/mol. The molecule has 0 radical (unpaired) electrons. The highest BCUT2D eigenvalue weighted by atomic mass is 16.1. The maximum absolute atomic E-state index is 11.6. The molecule has 28 heavy (non-hydrogen) atoms. The summed E-state index contributed by atoms with van der Waals surface area (Å²) in [6.45, 7) is 4.26. The number of carbonyl (C=O) groups excluding carboxylic acids is 1. The molecule has 0 aromatic carbocycles. The van der Waals surface area contributed by atoms with Gasteiger partial charge in [0, 0.05) is 6.42 Å². The smallest absolute Gasteiger partial charge is 0.221 e. The van der Waals surface area contributed by atoms with E-state index in [2.05, 4.69) is 24.4 Å². The number of hydrogen-bond donors (Lipinski definition) is 2. The van der Waals surface area contributed by atoms with Gasteiger partial charge in [-0.05, 0) is 38.5 Å². The number of amides is 1. The fraction of sp³-hybridized carbons (Fsp3) is 0.880. The molecule has 3 N–H and O–H groups in total. The first-order valence-corrected chi connectivity index (χ1v) is 12.4. The van der Waals surface area contributed by atoms with Crippen molar-refractivity contribution in [3.05, 3.63) is 12.2 Å². The summed E-state index contributed by atoms with van der Waals surface area (Å²) in [5.74, 6) is 0.107. The summed E-state index contributed by atoms with van der Waals surface area (Å²) in [5, 5.41) is 2.82. The van der Waals surface area contributed by atoms with Crippen LogP contribution in [0.5, 0.6) is 0 Å². The van der Waals surface area contributed by atoms with Crippen molar-refractivity contribution in [2.45, 2.75) is 142 Å². The van der Waals surface area contributed by atoms with Crippen molar-refractivity contribution in [2.75, 3.05) is 0 Å². The molecule has 0 heterocycles. The van der Waals surface area contributed by atoms with Crippen molar-refractivity contribution in [1.82, 2.24) is 5.32 Å². The minimum Gasteiger partial charge on any atom is -0.341 e. The fourth-order valence-corrected chi connectivity index (χ4v) is 3.44. The van der Waals surface area contributed by atoms with Gasteiger partial charge in [0.1, 0.15) is 0 Å². The number of hydrogen-bond acceptors (Lipinski definition) is 2. The van der Waals surface area contributed by atoms with E-state index in [-0.39, 0.29) is 12.1 Å². The van der Waals surface area contributed by atoms with Crippen molar-refractivity contribution >= 4 is 5.91 Å². The summed E-state index contributed by atoms with van der Waals surface area (Å²) in [5.41, 5.74) is 5.71. The molecule has 0 saturated carbocycles. The van der Waals surface area contributed by atoms with Crippen LogP contribution in [0.3, 0.4) is 0 Å². The lowest BCUT2D eigenvalue weighted by molar-refractivity contribution is -0.121. The lowest BCUT2D eigenvalue weighted by atomic mass is 10.1. The Morgan fingerprint density at radius 2 is 1.14 bits per heavy atom. The van der Waals surface area contributed by atoms with Gasteiger partial charge < -0.3 is 11.1 Å². The molecule has 3 nitrogen and oxygen atoms in total. The Balaban J connectivity index is 3.17. The Labute approximate surface area is 176 Å². The molecule has 0 spiro atoms. The second kappa shape index (κ2) is 22.5. The Kier molecular flexibility index (Phi) is 21.8. The number of unbranched alkanes of at least 4 members (excludes halogenated alkanes) is 15. The molecule has 166 valence electrons. The zero-order valence-electron chi connectivity index (χ0n) is 19.2. The van der Waals surface area contributed by atoms with Crippen LogP contribution in [0.4, 0.5) is 0 Å². The molecule has 3 heteroatoms. The van der Waals surface area contributed by atoms with E-state index >= 15 is 0 Å². The molecular formula is C25H50N2O. The molecule has 0 rings (SSSR count). The summed E-state index contributed by atoms with van der Waals surface area (Å²) in [6, 6.07) is 0. The third-order valence-electron chi connectivity index (χ3n) is 5.45. The highest BCUT2D eigenvalue weighted by Gasteiger charge is 2.04. The van der Waals surface area contributed by atoms with Crippen LogP contribution in [-0.2, 0) is 4.79 Å². The molecule has 0 aromatic rings. The Morgan fingerprint density at radius 3 is 1.61 bits per heavy atom. The normalized spacial score (nSPS) is 12.5. The van der Waals surface area contributed by atoms with E-state index in [0.29, 0.717) is 6.42 Å². The first-order valence-electron chi connectivity index (χ1n) is 12.4. The van der Waals surface area contributed by atoms with Crippen LogP contribution < -0.4 is 11.1 Å². The molecule has 0 bridgehead atoms. The summed E-state index contributed by atoms with van der Waals surface area (Å²) in [7, 11) is 0. The van der Waals surface area contributed by atoms with E-state index in [1.165, 1.54) is 96.3 Å². The van der Waals surface area contributed by atoms with Gasteiger partial charge >= 0.3 is 0 Å². The van der Waals surface area contributed by atoms with E-state index < -0.39 is 0 Å². The van der Waals surface area contributed by atoms with Gasteiger partial charge in [0.2, 0.25) is 5.91 Å². The second-order valence-electron chi connectivity index (χ2n) is 8.33. The minimum atomic E-state index is -0.177. The lowest BCUT2D eigenvalue weighted by Crippen LogP contribution is -2.40. The summed E-state index contributed by atoms with van der Waals surface area (Å²) in [4.78, 5) is 11.6. The first kappa shape index (κ1) is 27.2. The average molecular weight is 395 g/mol. The summed E-state index contributed by atoms with van der Waals surface area (Å²) < 4.78 is 0. The molecule has 0 aliphatic rings. The van der Waals surface area contributed by atoms with Crippen molar-refractivity contribution in [3.8, 4) is 0 Å². The highest BCUT2D eigenvalue weighted by molar-refractivity contribution is 5.76. The maximum Gasteiger partial charge on any atom is 0.221 e. The van der Waals surface area contributed by atoms with Crippen LogP contribution in [0.1, 0.15) is 136 Å². The number of nitrogens with one attached hydrogen (secondary N) is 1. The zero-order valence-corrected chi connectivity index (χ0v) is 19.2. The Bertz CT molecular complexity index is 354. The maximum atomic E-state index is 11.6. The Morgan fingerprint density at radius 1 is 0.714 bits per heavy atom. The van der Waals surface area contributed by atoms with E-state index in [1.807, 2.05) is 6.92 Å². The van der Waals surface area contributed by atoms with Gasteiger partial charge in [0.15, 0.2) is 0 Å². The predicted molar refractivity (Wildman–Crippen MR) is 124 cm³/mol. The van der Waals surface area contributed by atoms with Crippen LogP contribution >= 0.6 is 0 Å². The molecule has 0 fully saturated rings. The molecule has 1 unspecified atom stereocenters. The zero-order chi connectivity index (χ0) is 20.7. The van der Waals surface area contributed by atoms with E-state index in [9.17, 15) is 4.79 Å². The topological polar surface area (TPSA) is 55.1 Å². The van der Waals surface area contributed by atoms with Crippen LogP contribution in [0, 0.1) is 0 Å². The predicted octanol–water partition coefficient (Wildman–Crippen LogP) is 7.40. The van der Waals surface area contributed by atoms with E-state index in [4.69, 9.17) is 5.73 Å². The van der Waals surface area contributed by atoms with Gasteiger partial charge in [-0.15, -0.1) is 0 Å². The number of allylic oxidation sites excluding steroid dienone is 2. The van der Waals surface area contributed by atoms with Crippen LogP contribution in [-0.4, -0.2) is 12.1 Å². The standard InChI is InChI=1S/C25H50N2O/c1-3-5-6-7-8-9-10-11-12-13-14-15-16-17-18-19-20-21-22-23-25(28)27-24(26)4-2/h11-12,24H,3-10,13-23,26H2,1-2H3,(H,27,28). The van der Waals surface area contributed by atoms with Crippen LogP contribution in [0.25, 0.3) is 0 Å². The first-order chi connectivity index (χ1) is 13.7. The molecule has 0 aliphatic carbocycles.